The van der Waals surface area contributed by atoms with Gasteiger partial charge < -0.3 is 0 Å². The molecule has 0 N–H and O–H groups in total. The second-order valence-electron chi connectivity index (χ2n) is 7.18. The predicted octanol–water partition coefficient (Wildman–Crippen LogP) is 3.71. The Morgan fingerprint density at radius 1 is 1.08 bits per heavy atom. The number of anilines is 1. The van der Waals surface area contributed by atoms with Crippen molar-refractivity contribution in [1.29, 1.82) is 0 Å². The molecule has 0 unspecified atom stereocenters. The Balaban J connectivity index is 1.71. The Bertz CT molecular complexity index is 769. The van der Waals surface area contributed by atoms with Gasteiger partial charge in [-0.2, -0.15) is 0 Å². The standard InChI is InChI=1S/C20H24N4O/c1-14-17-7-8-18(25)24(13-15-5-3-2-4-6-15)20(17)23-19(22-14)16-9-11-21-12-10-16/h9-12,15H,2-8,13H2,1H3. The molecule has 5 nitrogen and oxygen atoms in total. The molecular formula is C20H24N4O. The fraction of sp³-hybridized carbons (Fsp3) is 0.500. The Morgan fingerprint density at radius 3 is 2.60 bits per heavy atom. The maximum Gasteiger partial charge on any atom is 0.228 e. The highest BCUT2D eigenvalue weighted by molar-refractivity contribution is 5.95. The molecular weight excluding hydrogens is 312 g/mol. The summed E-state index contributed by atoms with van der Waals surface area (Å²) in [5.41, 5.74) is 3.06. The van der Waals surface area contributed by atoms with E-state index in [9.17, 15) is 4.79 Å². The summed E-state index contributed by atoms with van der Waals surface area (Å²) < 4.78 is 0. The minimum atomic E-state index is 0.205. The Hall–Kier alpha value is -2.30. The quantitative estimate of drug-likeness (QED) is 0.857. The number of carbonyl (C=O) groups is 1. The van der Waals surface area contributed by atoms with Gasteiger partial charge in [-0.3, -0.25) is 14.7 Å². The van der Waals surface area contributed by atoms with Crippen molar-refractivity contribution in [2.75, 3.05) is 11.4 Å². The number of hydrogen-bond donors (Lipinski definition) is 0. The molecule has 0 aromatic carbocycles. The summed E-state index contributed by atoms with van der Waals surface area (Å²) in [6, 6.07) is 3.83. The van der Waals surface area contributed by atoms with Gasteiger partial charge in [-0.05, 0) is 44.2 Å². The predicted molar refractivity (Wildman–Crippen MR) is 97.2 cm³/mol. The lowest BCUT2D eigenvalue weighted by atomic mass is 9.88. The van der Waals surface area contributed by atoms with Crippen LogP contribution in [-0.4, -0.2) is 27.4 Å². The number of fused-ring (bicyclic) bond motifs is 1. The van der Waals surface area contributed by atoms with Crippen molar-refractivity contribution in [2.24, 2.45) is 5.92 Å². The van der Waals surface area contributed by atoms with E-state index < -0.39 is 0 Å². The molecule has 0 spiro atoms. The first-order valence-corrected chi connectivity index (χ1v) is 9.30. The molecule has 0 bridgehead atoms. The van der Waals surface area contributed by atoms with Crippen LogP contribution in [0.3, 0.4) is 0 Å². The highest BCUT2D eigenvalue weighted by atomic mass is 16.2. The number of aromatic nitrogens is 3. The second kappa shape index (κ2) is 6.90. The smallest absolute Gasteiger partial charge is 0.228 e. The van der Waals surface area contributed by atoms with Gasteiger partial charge in [-0.1, -0.05) is 19.3 Å². The maximum atomic E-state index is 12.6. The number of carbonyl (C=O) groups excluding carboxylic acids is 1. The van der Waals surface area contributed by atoms with Gasteiger partial charge in [0.15, 0.2) is 5.82 Å². The molecule has 0 atom stereocenters. The van der Waals surface area contributed by atoms with Gasteiger partial charge in [0.2, 0.25) is 5.91 Å². The van der Waals surface area contributed by atoms with Crippen molar-refractivity contribution in [3.05, 3.63) is 35.8 Å². The van der Waals surface area contributed by atoms with E-state index in [1.807, 2.05) is 24.0 Å². The minimum Gasteiger partial charge on any atom is -0.296 e. The lowest BCUT2D eigenvalue weighted by Gasteiger charge is -2.33. The lowest BCUT2D eigenvalue weighted by Crippen LogP contribution is -2.40. The molecule has 25 heavy (non-hydrogen) atoms. The van der Waals surface area contributed by atoms with Crippen molar-refractivity contribution in [1.82, 2.24) is 15.0 Å². The normalized spacial score (nSPS) is 18.3. The summed E-state index contributed by atoms with van der Waals surface area (Å²) in [4.78, 5) is 28.1. The van der Waals surface area contributed by atoms with Crippen molar-refractivity contribution in [2.45, 2.75) is 51.9 Å². The minimum absolute atomic E-state index is 0.205. The van der Waals surface area contributed by atoms with Crippen molar-refractivity contribution in [3.63, 3.8) is 0 Å². The van der Waals surface area contributed by atoms with E-state index in [0.717, 1.165) is 35.6 Å². The SMILES string of the molecule is Cc1nc(-c2ccncc2)nc2c1CCC(=O)N2CC1CCCCC1. The average molecular weight is 336 g/mol. The molecule has 3 heterocycles. The lowest BCUT2D eigenvalue weighted by molar-refractivity contribution is -0.119. The van der Waals surface area contributed by atoms with Gasteiger partial charge in [0.1, 0.15) is 5.82 Å². The van der Waals surface area contributed by atoms with Crippen LogP contribution in [0.5, 0.6) is 0 Å². The van der Waals surface area contributed by atoms with Gasteiger partial charge in [-0.15, -0.1) is 0 Å². The fourth-order valence-corrected chi connectivity index (χ4v) is 4.03. The molecule has 4 rings (SSSR count). The molecule has 1 aliphatic heterocycles. The zero-order valence-electron chi connectivity index (χ0n) is 14.7. The zero-order chi connectivity index (χ0) is 17.2. The highest BCUT2D eigenvalue weighted by Crippen LogP contribution is 2.33. The number of aryl methyl sites for hydroxylation is 1. The van der Waals surface area contributed by atoms with E-state index in [4.69, 9.17) is 4.98 Å². The topological polar surface area (TPSA) is 59.0 Å². The van der Waals surface area contributed by atoms with Crippen LogP contribution >= 0.6 is 0 Å². The fourth-order valence-electron chi connectivity index (χ4n) is 4.03. The first kappa shape index (κ1) is 16.2. The van der Waals surface area contributed by atoms with Crippen LogP contribution in [-0.2, 0) is 11.2 Å². The average Bonchev–Trinajstić information content (AvgIpc) is 2.65. The monoisotopic (exact) mass is 336 g/mol. The molecule has 1 amide bonds. The summed E-state index contributed by atoms with van der Waals surface area (Å²) in [5.74, 6) is 2.32. The number of nitrogens with zero attached hydrogens (tertiary/aromatic N) is 4. The van der Waals surface area contributed by atoms with Crippen LogP contribution in [0, 0.1) is 12.8 Å². The number of pyridine rings is 1. The Labute approximate surface area is 148 Å². The van der Waals surface area contributed by atoms with Crippen molar-refractivity contribution < 1.29 is 4.79 Å². The van der Waals surface area contributed by atoms with Crippen LogP contribution in [0.25, 0.3) is 11.4 Å². The van der Waals surface area contributed by atoms with Crippen LogP contribution in [0.1, 0.15) is 49.8 Å². The molecule has 0 radical (unpaired) electrons. The molecule has 130 valence electrons. The highest BCUT2D eigenvalue weighted by Gasteiger charge is 2.30. The van der Waals surface area contributed by atoms with E-state index in [1.165, 1.54) is 32.1 Å². The summed E-state index contributed by atoms with van der Waals surface area (Å²) in [5, 5.41) is 0. The molecule has 1 fully saturated rings. The van der Waals surface area contributed by atoms with Crippen LogP contribution in [0.4, 0.5) is 5.82 Å². The second-order valence-corrected chi connectivity index (χ2v) is 7.18. The molecule has 5 heteroatoms. The third kappa shape index (κ3) is 3.28. The van der Waals surface area contributed by atoms with Crippen LogP contribution < -0.4 is 4.90 Å². The maximum absolute atomic E-state index is 12.6. The summed E-state index contributed by atoms with van der Waals surface area (Å²) in [6.45, 7) is 2.83. The molecule has 2 aliphatic rings. The summed E-state index contributed by atoms with van der Waals surface area (Å²) in [6.07, 6.45) is 11.2. The summed E-state index contributed by atoms with van der Waals surface area (Å²) >= 11 is 0. The Kier molecular flexibility index (Phi) is 4.47. The van der Waals surface area contributed by atoms with Gasteiger partial charge in [0.05, 0.1) is 0 Å². The van der Waals surface area contributed by atoms with Crippen molar-refractivity contribution >= 4 is 11.7 Å². The first-order valence-electron chi connectivity index (χ1n) is 9.30. The largest absolute Gasteiger partial charge is 0.296 e. The van der Waals surface area contributed by atoms with Crippen LogP contribution in [0.2, 0.25) is 0 Å². The molecule has 0 saturated heterocycles. The molecule has 1 saturated carbocycles. The van der Waals surface area contributed by atoms with E-state index in [-0.39, 0.29) is 5.91 Å². The number of amides is 1. The van der Waals surface area contributed by atoms with Gasteiger partial charge in [0, 0.05) is 42.2 Å². The Morgan fingerprint density at radius 2 is 1.84 bits per heavy atom. The van der Waals surface area contributed by atoms with Gasteiger partial charge in [-0.25, -0.2) is 9.97 Å². The van der Waals surface area contributed by atoms with E-state index in [0.29, 0.717) is 18.2 Å². The number of rotatable bonds is 3. The molecule has 1 aliphatic carbocycles. The van der Waals surface area contributed by atoms with Crippen molar-refractivity contribution in [3.8, 4) is 11.4 Å². The molecule has 2 aromatic heterocycles. The van der Waals surface area contributed by atoms with E-state index in [2.05, 4.69) is 9.97 Å². The summed E-state index contributed by atoms with van der Waals surface area (Å²) in [7, 11) is 0. The zero-order valence-corrected chi connectivity index (χ0v) is 14.7. The number of hydrogen-bond acceptors (Lipinski definition) is 4. The van der Waals surface area contributed by atoms with Gasteiger partial charge >= 0.3 is 0 Å². The first-order chi connectivity index (χ1) is 12.2. The van der Waals surface area contributed by atoms with Crippen LogP contribution in [0.15, 0.2) is 24.5 Å². The third-order valence-corrected chi connectivity index (χ3v) is 5.44. The van der Waals surface area contributed by atoms with E-state index in [1.54, 1.807) is 12.4 Å². The van der Waals surface area contributed by atoms with E-state index >= 15 is 0 Å². The third-order valence-electron chi connectivity index (χ3n) is 5.44. The van der Waals surface area contributed by atoms with Gasteiger partial charge in [0.25, 0.3) is 0 Å². The molecule has 2 aromatic rings.